The van der Waals surface area contributed by atoms with Crippen molar-refractivity contribution in [3.8, 4) is 0 Å². The van der Waals surface area contributed by atoms with E-state index in [-0.39, 0.29) is 15.8 Å². The lowest BCUT2D eigenvalue weighted by Gasteiger charge is -2.47. The van der Waals surface area contributed by atoms with E-state index in [2.05, 4.69) is 68.5 Å². The van der Waals surface area contributed by atoms with E-state index >= 15 is 0 Å². The zero-order valence-corrected chi connectivity index (χ0v) is 20.7. The van der Waals surface area contributed by atoms with Crippen molar-refractivity contribution >= 4 is 15.7 Å². The Morgan fingerprint density at radius 2 is 1.71 bits per heavy atom. The predicted octanol–water partition coefficient (Wildman–Crippen LogP) is 3.71. The summed E-state index contributed by atoms with van der Waals surface area (Å²) in [5.41, 5.74) is 1.97. The van der Waals surface area contributed by atoms with Crippen LogP contribution in [-0.4, -0.2) is 60.8 Å². The van der Waals surface area contributed by atoms with Crippen LogP contribution < -0.4 is 4.90 Å². The van der Waals surface area contributed by atoms with Gasteiger partial charge in [0.2, 0.25) is 0 Å². The topological polar surface area (TPSA) is 66.4 Å². The van der Waals surface area contributed by atoms with Crippen LogP contribution in [-0.2, 0) is 21.7 Å². The van der Waals surface area contributed by atoms with Crippen molar-refractivity contribution in [2.75, 3.05) is 30.8 Å². The molecule has 0 spiro atoms. The van der Waals surface area contributed by atoms with Gasteiger partial charge in [0.05, 0.1) is 4.90 Å². The fraction of sp³-hybridized carbons (Fsp3) is 0.583. The lowest BCUT2D eigenvalue weighted by Crippen LogP contribution is -2.58. The van der Waals surface area contributed by atoms with Gasteiger partial charge in [-0.2, -0.15) is 0 Å². The number of nitrogens with zero attached hydrogens (tertiary/aromatic N) is 4. The summed E-state index contributed by atoms with van der Waals surface area (Å²) >= 11 is 0. The molecule has 2 aromatic heterocycles. The van der Waals surface area contributed by atoms with E-state index in [1.807, 2.05) is 12.3 Å². The fourth-order valence-corrected chi connectivity index (χ4v) is 5.03. The van der Waals surface area contributed by atoms with E-state index < -0.39 is 9.84 Å². The van der Waals surface area contributed by atoms with Crippen LogP contribution in [0, 0.1) is 0 Å². The number of aromatic nitrogens is 2. The highest BCUT2D eigenvalue weighted by Gasteiger charge is 2.31. The molecule has 0 N–H and O–H groups in total. The molecule has 7 heteroatoms. The average molecular weight is 445 g/mol. The van der Waals surface area contributed by atoms with Crippen LogP contribution in [0.15, 0.2) is 41.6 Å². The van der Waals surface area contributed by atoms with Gasteiger partial charge >= 0.3 is 0 Å². The Morgan fingerprint density at radius 1 is 1.00 bits per heavy atom. The molecule has 1 unspecified atom stereocenters. The molecular formula is C24H36N4O2S. The number of pyridine rings is 2. The monoisotopic (exact) mass is 444 g/mol. The molecule has 3 rings (SSSR count). The molecule has 2 aromatic rings. The summed E-state index contributed by atoms with van der Waals surface area (Å²) in [5.74, 6) is 1.03. The van der Waals surface area contributed by atoms with Crippen LogP contribution in [0.25, 0.3) is 0 Å². The first-order valence-electron chi connectivity index (χ1n) is 10.9. The van der Waals surface area contributed by atoms with Crippen molar-refractivity contribution in [2.45, 2.75) is 69.9 Å². The summed E-state index contributed by atoms with van der Waals surface area (Å²) in [7, 11) is -3.24. The molecule has 31 heavy (non-hydrogen) atoms. The lowest BCUT2D eigenvalue weighted by molar-refractivity contribution is 0.0797. The minimum atomic E-state index is -3.24. The van der Waals surface area contributed by atoms with Gasteiger partial charge in [0, 0.05) is 61.0 Å². The molecule has 0 radical (unpaired) electrons. The molecule has 1 saturated heterocycles. The number of sulfone groups is 1. The standard InChI is InChI=1S/C24H36N4O2S/c1-18-17-27(12-13-28(18)23(2,3)4)22-11-8-19(15-26-22)14-24(5,6)21-10-9-20(16-25-21)31(7,29)30/h8-11,15-16,18H,12-14,17H2,1-7H3. The van der Waals surface area contributed by atoms with E-state index in [0.717, 1.165) is 43.1 Å². The molecule has 3 heterocycles. The Hall–Kier alpha value is -1.99. The fourth-order valence-electron chi connectivity index (χ4n) is 4.47. The van der Waals surface area contributed by atoms with Crippen molar-refractivity contribution in [1.29, 1.82) is 0 Å². The molecule has 0 amide bonds. The third kappa shape index (κ3) is 5.63. The number of rotatable bonds is 5. The van der Waals surface area contributed by atoms with Gasteiger partial charge in [-0.05, 0) is 57.9 Å². The molecule has 0 aliphatic carbocycles. The highest BCUT2D eigenvalue weighted by atomic mass is 32.2. The van der Waals surface area contributed by atoms with Gasteiger partial charge in [0.25, 0.3) is 0 Å². The first-order chi connectivity index (χ1) is 14.3. The van der Waals surface area contributed by atoms with Crippen LogP contribution in [0.1, 0.15) is 52.8 Å². The Labute approximate surface area is 187 Å². The second kappa shape index (κ2) is 8.51. The molecule has 6 nitrogen and oxygen atoms in total. The average Bonchev–Trinajstić information content (AvgIpc) is 2.66. The van der Waals surface area contributed by atoms with E-state index in [4.69, 9.17) is 4.98 Å². The minimum absolute atomic E-state index is 0.182. The zero-order valence-electron chi connectivity index (χ0n) is 19.9. The molecule has 1 atom stereocenters. The summed E-state index contributed by atoms with van der Waals surface area (Å²) in [4.78, 5) is 14.4. The normalized spacial score (nSPS) is 18.9. The second-order valence-corrected chi connectivity index (χ2v) is 12.4. The lowest BCUT2D eigenvalue weighted by atomic mass is 9.82. The molecule has 1 fully saturated rings. The zero-order chi connectivity index (χ0) is 23.0. The molecule has 0 saturated carbocycles. The quantitative estimate of drug-likeness (QED) is 0.700. The van der Waals surface area contributed by atoms with Gasteiger partial charge in [-0.1, -0.05) is 19.9 Å². The summed E-state index contributed by atoms with van der Waals surface area (Å²) in [6.07, 6.45) is 5.39. The second-order valence-electron chi connectivity index (χ2n) is 10.4. The Morgan fingerprint density at radius 3 is 2.19 bits per heavy atom. The number of hydrogen-bond acceptors (Lipinski definition) is 6. The third-order valence-corrected chi connectivity index (χ3v) is 7.22. The number of anilines is 1. The van der Waals surface area contributed by atoms with Crippen LogP contribution in [0.4, 0.5) is 5.82 Å². The van der Waals surface area contributed by atoms with E-state index in [1.54, 1.807) is 6.07 Å². The van der Waals surface area contributed by atoms with Gasteiger partial charge in [-0.25, -0.2) is 13.4 Å². The molecule has 170 valence electrons. The van der Waals surface area contributed by atoms with Crippen molar-refractivity contribution in [3.63, 3.8) is 0 Å². The smallest absolute Gasteiger partial charge is 0.177 e. The van der Waals surface area contributed by atoms with Crippen molar-refractivity contribution in [2.24, 2.45) is 0 Å². The largest absolute Gasteiger partial charge is 0.354 e. The number of hydrogen-bond donors (Lipinski definition) is 0. The van der Waals surface area contributed by atoms with Crippen LogP contribution in [0.3, 0.4) is 0 Å². The number of piperazine rings is 1. The van der Waals surface area contributed by atoms with Crippen LogP contribution in [0.2, 0.25) is 0 Å². The van der Waals surface area contributed by atoms with Crippen molar-refractivity contribution in [3.05, 3.63) is 47.9 Å². The van der Waals surface area contributed by atoms with Gasteiger partial charge in [0.1, 0.15) is 5.82 Å². The first kappa shape index (κ1) is 23.7. The maximum absolute atomic E-state index is 11.7. The van der Waals surface area contributed by atoms with Crippen LogP contribution in [0.5, 0.6) is 0 Å². The molecule has 1 aliphatic heterocycles. The van der Waals surface area contributed by atoms with Gasteiger partial charge in [-0.15, -0.1) is 0 Å². The SMILES string of the molecule is CC1CN(c2ccc(CC(C)(C)c3ccc(S(C)(=O)=O)cn3)cn2)CCN1C(C)(C)C. The first-order valence-corrected chi connectivity index (χ1v) is 12.8. The summed E-state index contributed by atoms with van der Waals surface area (Å²) in [5, 5.41) is 0. The summed E-state index contributed by atoms with van der Waals surface area (Å²) < 4.78 is 23.4. The summed E-state index contributed by atoms with van der Waals surface area (Å²) in [6.45, 7) is 16.4. The molecular weight excluding hydrogens is 408 g/mol. The van der Waals surface area contributed by atoms with Gasteiger partial charge in [-0.3, -0.25) is 9.88 Å². The van der Waals surface area contributed by atoms with E-state index in [9.17, 15) is 8.42 Å². The van der Waals surface area contributed by atoms with Crippen molar-refractivity contribution < 1.29 is 8.42 Å². The van der Waals surface area contributed by atoms with Gasteiger partial charge in [0.15, 0.2) is 9.84 Å². The highest BCUT2D eigenvalue weighted by Crippen LogP contribution is 2.28. The van der Waals surface area contributed by atoms with Gasteiger partial charge < -0.3 is 4.90 Å². The molecule has 0 bridgehead atoms. The molecule has 1 aliphatic rings. The highest BCUT2D eigenvalue weighted by molar-refractivity contribution is 7.90. The maximum atomic E-state index is 11.7. The Bertz CT molecular complexity index is 993. The van der Waals surface area contributed by atoms with E-state index in [0.29, 0.717) is 6.04 Å². The maximum Gasteiger partial charge on any atom is 0.177 e. The predicted molar refractivity (Wildman–Crippen MR) is 126 cm³/mol. The Kier molecular flexibility index (Phi) is 6.50. The van der Waals surface area contributed by atoms with Crippen molar-refractivity contribution in [1.82, 2.24) is 14.9 Å². The Balaban J connectivity index is 1.68. The minimum Gasteiger partial charge on any atom is -0.354 e. The van der Waals surface area contributed by atoms with E-state index in [1.165, 1.54) is 12.5 Å². The summed E-state index contributed by atoms with van der Waals surface area (Å²) in [6, 6.07) is 8.20. The van der Waals surface area contributed by atoms with Crippen LogP contribution >= 0.6 is 0 Å². The third-order valence-electron chi connectivity index (χ3n) is 6.13. The molecule has 0 aromatic carbocycles.